The Hall–Kier alpha value is -4.41. The molecule has 0 N–H and O–H groups in total. The zero-order valence-electron chi connectivity index (χ0n) is 17.6. The van der Waals surface area contributed by atoms with E-state index >= 15 is 0 Å². The first-order valence-electron chi connectivity index (χ1n) is 10.1. The Bertz CT molecular complexity index is 1340. The normalized spacial score (nSPS) is 15.5. The van der Waals surface area contributed by atoms with Crippen LogP contribution in [0.15, 0.2) is 90.4 Å². The molecule has 1 amide bonds. The van der Waals surface area contributed by atoms with Crippen molar-refractivity contribution < 1.29 is 13.6 Å². The van der Waals surface area contributed by atoms with Crippen molar-refractivity contribution in [1.29, 1.82) is 0 Å². The second-order valence-electron chi connectivity index (χ2n) is 7.23. The van der Waals surface area contributed by atoms with Gasteiger partial charge in [-0.2, -0.15) is 5.10 Å². The number of carbonyl (C=O) groups excluding carboxylic acids is 1. The Labute approximate surface area is 186 Å². The maximum atomic E-state index is 13.3. The summed E-state index contributed by atoms with van der Waals surface area (Å²) >= 11 is 0. The molecule has 4 heterocycles. The number of carbonyl (C=O) groups is 1. The highest BCUT2D eigenvalue weighted by Crippen LogP contribution is 2.33. The smallest absolute Gasteiger partial charge is 0.337 e. The summed E-state index contributed by atoms with van der Waals surface area (Å²) in [5, 5.41) is 5.55. The van der Waals surface area contributed by atoms with E-state index in [1.54, 1.807) is 24.3 Å². The maximum absolute atomic E-state index is 13.3. The summed E-state index contributed by atoms with van der Waals surface area (Å²) in [6, 6.07) is 6.23. The van der Waals surface area contributed by atoms with Gasteiger partial charge in [0, 0.05) is 6.42 Å². The van der Waals surface area contributed by atoms with Crippen LogP contribution in [0.2, 0.25) is 0 Å². The molecule has 1 unspecified atom stereocenters. The van der Waals surface area contributed by atoms with Gasteiger partial charge in [0.1, 0.15) is 29.8 Å². The molecular formula is C22H21N5O6. The molecular weight excluding hydrogens is 430 g/mol. The molecule has 0 radical (unpaired) electrons. The monoisotopic (exact) mass is 451 g/mol. The maximum Gasteiger partial charge on any atom is 0.337 e. The van der Waals surface area contributed by atoms with E-state index in [1.807, 2.05) is 0 Å². The number of hydrazone groups is 1. The largest absolute Gasteiger partial charge is 0.467 e. The summed E-state index contributed by atoms with van der Waals surface area (Å²) in [6.07, 6.45) is 6.00. The lowest BCUT2D eigenvalue weighted by Crippen LogP contribution is -2.55. The van der Waals surface area contributed by atoms with E-state index < -0.39 is 35.6 Å². The molecule has 0 aliphatic carbocycles. The highest BCUT2D eigenvalue weighted by molar-refractivity contribution is 6.01. The van der Waals surface area contributed by atoms with E-state index in [0.29, 0.717) is 28.2 Å². The molecule has 3 aromatic heterocycles. The molecule has 11 nitrogen and oxygen atoms in total. The first-order valence-corrected chi connectivity index (χ1v) is 10.1. The predicted octanol–water partition coefficient (Wildman–Crippen LogP) is 1.11. The number of hydrogen-bond donors (Lipinski definition) is 0. The molecule has 170 valence electrons. The molecule has 0 bridgehead atoms. The second kappa shape index (κ2) is 8.99. The van der Waals surface area contributed by atoms with Crippen LogP contribution in [0.1, 0.15) is 24.0 Å². The highest BCUT2D eigenvalue weighted by Gasteiger charge is 2.36. The van der Waals surface area contributed by atoms with Gasteiger partial charge in [-0.05, 0) is 24.3 Å². The van der Waals surface area contributed by atoms with Crippen LogP contribution in [-0.4, -0.2) is 30.3 Å². The fourth-order valence-electron chi connectivity index (χ4n) is 3.63. The number of rotatable bonds is 8. The lowest BCUT2D eigenvalue weighted by atomic mass is 10.1. The van der Waals surface area contributed by atoms with Gasteiger partial charge in [0.05, 0.1) is 25.6 Å². The predicted molar refractivity (Wildman–Crippen MR) is 118 cm³/mol. The SMILES string of the molecule is C=CCn1c(=O)n(CC=C)c(=O)n(CC(=O)N2N=C(c3ccco3)CC2c2ccco2)c1=O. The van der Waals surface area contributed by atoms with Crippen LogP contribution < -0.4 is 17.1 Å². The standard InChI is InChI=1S/C22H21N5O6/c1-3-9-24-20(29)25(10-4-2)22(31)26(21(24)30)14-19(28)27-16(18-8-6-12-33-18)13-15(23-27)17-7-5-11-32-17/h3-8,11-12,16H,1-2,9-10,13-14H2. The van der Waals surface area contributed by atoms with Crippen molar-refractivity contribution in [2.75, 3.05) is 0 Å². The van der Waals surface area contributed by atoms with Gasteiger partial charge in [-0.15, -0.1) is 13.2 Å². The third-order valence-corrected chi connectivity index (χ3v) is 5.15. The van der Waals surface area contributed by atoms with E-state index in [0.717, 1.165) is 9.13 Å². The van der Waals surface area contributed by atoms with Crippen LogP contribution in [0.3, 0.4) is 0 Å². The minimum Gasteiger partial charge on any atom is -0.467 e. The Balaban J connectivity index is 1.75. The van der Waals surface area contributed by atoms with Gasteiger partial charge in [0.15, 0.2) is 0 Å². The van der Waals surface area contributed by atoms with Gasteiger partial charge in [0.2, 0.25) is 0 Å². The van der Waals surface area contributed by atoms with E-state index in [4.69, 9.17) is 8.83 Å². The summed E-state index contributed by atoms with van der Waals surface area (Å²) in [4.78, 5) is 51.6. The highest BCUT2D eigenvalue weighted by atomic mass is 16.3. The molecule has 0 aromatic carbocycles. The van der Waals surface area contributed by atoms with Crippen molar-refractivity contribution in [1.82, 2.24) is 18.7 Å². The topological polar surface area (TPSA) is 125 Å². The lowest BCUT2D eigenvalue weighted by Gasteiger charge is -2.20. The van der Waals surface area contributed by atoms with Crippen LogP contribution >= 0.6 is 0 Å². The van der Waals surface area contributed by atoms with E-state index in [9.17, 15) is 19.2 Å². The number of amides is 1. The van der Waals surface area contributed by atoms with Crippen molar-refractivity contribution in [3.05, 3.63) is 105 Å². The first-order chi connectivity index (χ1) is 16.0. The van der Waals surface area contributed by atoms with Gasteiger partial charge >= 0.3 is 17.1 Å². The molecule has 1 aliphatic heterocycles. The van der Waals surface area contributed by atoms with Crippen molar-refractivity contribution >= 4 is 11.6 Å². The molecule has 0 spiro atoms. The van der Waals surface area contributed by atoms with Gasteiger partial charge in [-0.1, -0.05) is 12.2 Å². The van der Waals surface area contributed by atoms with Gasteiger partial charge in [-0.3, -0.25) is 4.79 Å². The van der Waals surface area contributed by atoms with Crippen LogP contribution in [0.4, 0.5) is 0 Å². The zero-order chi connectivity index (χ0) is 23.5. The minimum atomic E-state index is -0.914. The zero-order valence-corrected chi connectivity index (χ0v) is 17.6. The molecule has 1 aliphatic rings. The summed E-state index contributed by atoms with van der Waals surface area (Å²) in [7, 11) is 0. The van der Waals surface area contributed by atoms with Gasteiger partial charge < -0.3 is 8.83 Å². The molecule has 0 saturated carbocycles. The fourth-order valence-corrected chi connectivity index (χ4v) is 3.63. The van der Waals surface area contributed by atoms with E-state index in [-0.39, 0.29) is 13.1 Å². The lowest BCUT2D eigenvalue weighted by molar-refractivity contribution is -0.134. The second-order valence-corrected chi connectivity index (χ2v) is 7.23. The van der Waals surface area contributed by atoms with Gasteiger partial charge in [0.25, 0.3) is 5.91 Å². The summed E-state index contributed by atoms with van der Waals surface area (Å²) in [6.45, 7) is 6.20. The average molecular weight is 451 g/mol. The number of allylic oxidation sites excluding steroid dienone is 2. The third kappa shape index (κ3) is 3.95. The van der Waals surface area contributed by atoms with Crippen LogP contribution in [0.5, 0.6) is 0 Å². The number of aromatic nitrogens is 3. The van der Waals surface area contributed by atoms with Gasteiger partial charge in [-0.25, -0.2) is 33.1 Å². The summed E-state index contributed by atoms with van der Waals surface area (Å²) < 4.78 is 13.2. The van der Waals surface area contributed by atoms with Crippen LogP contribution in [0, 0.1) is 0 Å². The fraction of sp³-hybridized carbons (Fsp3) is 0.227. The molecule has 33 heavy (non-hydrogen) atoms. The molecule has 4 rings (SSSR count). The van der Waals surface area contributed by atoms with Crippen LogP contribution in [-0.2, 0) is 24.4 Å². The van der Waals surface area contributed by atoms with Crippen molar-refractivity contribution in [3.8, 4) is 0 Å². The number of hydrogen-bond acceptors (Lipinski definition) is 7. The van der Waals surface area contributed by atoms with Crippen molar-refractivity contribution in [2.24, 2.45) is 5.10 Å². The van der Waals surface area contributed by atoms with E-state index in [1.165, 1.54) is 29.7 Å². The Kier molecular flexibility index (Phi) is 5.94. The molecule has 0 saturated heterocycles. The Morgan fingerprint density at radius 3 is 2.12 bits per heavy atom. The van der Waals surface area contributed by atoms with Crippen LogP contribution in [0.25, 0.3) is 0 Å². The Morgan fingerprint density at radius 2 is 1.58 bits per heavy atom. The van der Waals surface area contributed by atoms with E-state index in [2.05, 4.69) is 18.3 Å². The number of nitrogens with zero attached hydrogens (tertiary/aromatic N) is 5. The minimum absolute atomic E-state index is 0.122. The summed E-state index contributed by atoms with van der Waals surface area (Å²) in [5.74, 6) is 0.347. The Morgan fingerprint density at radius 1 is 0.970 bits per heavy atom. The summed E-state index contributed by atoms with van der Waals surface area (Å²) in [5.41, 5.74) is -2.12. The average Bonchev–Trinajstić information content (AvgIpc) is 3.57. The van der Waals surface area contributed by atoms with Crippen molar-refractivity contribution in [2.45, 2.75) is 32.1 Å². The quantitative estimate of drug-likeness (QED) is 0.473. The molecule has 11 heteroatoms. The number of furan rings is 2. The van der Waals surface area contributed by atoms with Crippen molar-refractivity contribution in [3.63, 3.8) is 0 Å². The molecule has 0 fully saturated rings. The first kappa shape index (κ1) is 21.8. The third-order valence-electron chi connectivity index (χ3n) is 5.15. The molecule has 3 aromatic rings. The molecule has 1 atom stereocenters.